The number of nitrogens with zero attached hydrogens (tertiary/aromatic N) is 2. The van der Waals surface area contributed by atoms with Gasteiger partial charge in [-0.1, -0.05) is 41.6 Å². The second kappa shape index (κ2) is 7.97. The molecule has 0 bridgehead atoms. The molecule has 2 aromatic carbocycles. The van der Waals surface area contributed by atoms with Gasteiger partial charge in [0.05, 0.1) is 11.4 Å². The number of aromatic nitrogens is 2. The third kappa shape index (κ3) is 4.37. The first kappa shape index (κ1) is 17.9. The van der Waals surface area contributed by atoms with Crippen LogP contribution in [0.2, 0.25) is 0 Å². The van der Waals surface area contributed by atoms with E-state index < -0.39 is 0 Å². The molecule has 26 heavy (non-hydrogen) atoms. The molecule has 0 aliphatic rings. The average Bonchev–Trinajstić information content (AvgIpc) is 3.10. The van der Waals surface area contributed by atoms with E-state index in [1.54, 1.807) is 24.3 Å². The van der Waals surface area contributed by atoms with Gasteiger partial charge in [0.2, 0.25) is 11.8 Å². The Morgan fingerprint density at radius 3 is 2.54 bits per heavy atom. The van der Waals surface area contributed by atoms with E-state index in [0.717, 1.165) is 22.9 Å². The van der Waals surface area contributed by atoms with Gasteiger partial charge in [0.15, 0.2) is 5.78 Å². The quantitative estimate of drug-likeness (QED) is 0.524. The van der Waals surface area contributed by atoms with Crippen LogP contribution in [0.25, 0.3) is 11.5 Å². The van der Waals surface area contributed by atoms with Gasteiger partial charge < -0.3 is 9.73 Å². The molecule has 132 valence electrons. The fourth-order valence-electron chi connectivity index (χ4n) is 2.29. The predicted octanol–water partition coefficient (Wildman–Crippen LogP) is 3.98. The standard InChI is InChI=1S/C19H17N3O3S/c1-12-7-9-14(10-8-12)18-21-22-19(25-18)26-11-17(24)20-16-6-4-3-5-15(16)13(2)23/h3-10H,11H2,1-2H3,(H,20,24). The Balaban J connectivity index is 1.60. The minimum Gasteiger partial charge on any atom is -0.411 e. The van der Waals surface area contributed by atoms with Gasteiger partial charge in [-0.05, 0) is 38.1 Å². The Morgan fingerprint density at radius 2 is 1.81 bits per heavy atom. The summed E-state index contributed by atoms with van der Waals surface area (Å²) in [4.78, 5) is 23.7. The van der Waals surface area contributed by atoms with E-state index in [0.29, 0.717) is 22.4 Å². The van der Waals surface area contributed by atoms with Crippen LogP contribution < -0.4 is 5.32 Å². The minimum atomic E-state index is -0.251. The van der Waals surface area contributed by atoms with Crippen molar-refractivity contribution in [1.82, 2.24) is 10.2 Å². The maximum atomic E-state index is 12.1. The van der Waals surface area contributed by atoms with Crippen molar-refractivity contribution in [3.8, 4) is 11.5 Å². The molecule has 3 aromatic rings. The van der Waals surface area contributed by atoms with Gasteiger partial charge in [0, 0.05) is 11.1 Å². The number of hydrogen-bond acceptors (Lipinski definition) is 6. The number of rotatable bonds is 6. The number of benzene rings is 2. The summed E-state index contributed by atoms with van der Waals surface area (Å²) in [5.74, 6) is 0.156. The summed E-state index contributed by atoms with van der Waals surface area (Å²) < 4.78 is 5.58. The molecule has 6 nitrogen and oxygen atoms in total. The summed E-state index contributed by atoms with van der Waals surface area (Å²) in [5.41, 5.74) is 2.95. The van der Waals surface area contributed by atoms with Gasteiger partial charge in [-0.25, -0.2) is 0 Å². The maximum absolute atomic E-state index is 12.1. The third-order valence-electron chi connectivity index (χ3n) is 3.61. The number of carbonyl (C=O) groups excluding carboxylic acids is 2. The smallest absolute Gasteiger partial charge is 0.277 e. The van der Waals surface area contributed by atoms with Crippen LogP contribution in [0, 0.1) is 6.92 Å². The Morgan fingerprint density at radius 1 is 1.08 bits per heavy atom. The highest BCUT2D eigenvalue weighted by Gasteiger charge is 2.13. The van der Waals surface area contributed by atoms with Gasteiger partial charge in [0.25, 0.3) is 5.22 Å². The molecule has 0 fully saturated rings. The average molecular weight is 367 g/mol. The maximum Gasteiger partial charge on any atom is 0.277 e. The number of amides is 1. The van der Waals surface area contributed by atoms with Crippen molar-refractivity contribution in [2.75, 3.05) is 11.1 Å². The lowest BCUT2D eigenvalue weighted by Gasteiger charge is -2.07. The number of nitrogens with one attached hydrogen (secondary N) is 1. The Hall–Kier alpha value is -2.93. The molecule has 1 heterocycles. The van der Waals surface area contributed by atoms with Gasteiger partial charge in [0.1, 0.15) is 0 Å². The second-order valence-corrected chi connectivity index (χ2v) is 6.60. The first-order valence-electron chi connectivity index (χ1n) is 7.96. The molecule has 0 unspecified atom stereocenters. The van der Waals surface area contributed by atoms with Crippen LogP contribution in [0.3, 0.4) is 0 Å². The first-order valence-corrected chi connectivity index (χ1v) is 8.94. The molecule has 1 amide bonds. The highest BCUT2D eigenvalue weighted by atomic mass is 32.2. The van der Waals surface area contributed by atoms with Crippen LogP contribution >= 0.6 is 11.8 Å². The zero-order valence-electron chi connectivity index (χ0n) is 14.4. The Labute approximate surface area is 155 Å². The SMILES string of the molecule is CC(=O)c1ccccc1NC(=O)CSc1nnc(-c2ccc(C)cc2)o1. The van der Waals surface area contributed by atoms with Crippen LogP contribution in [-0.2, 0) is 4.79 Å². The number of ketones is 1. The molecule has 0 aliphatic carbocycles. The summed E-state index contributed by atoms with van der Waals surface area (Å²) in [7, 11) is 0. The van der Waals surface area contributed by atoms with E-state index in [-0.39, 0.29) is 17.4 Å². The van der Waals surface area contributed by atoms with Crippen LogP contribution in [0.5, 0.6) is 0 Å². The summed E-state index contributed by atoms with van der Waals surface area (Å²) in [6.45, 7) is 3.46. The second-order valence-electron chi connectivity index (χ2n) is 5.68. The summed E-state index contributed by atoms with van der Waals surface area (Å²) in [6, 6.07) is 14.6. The largest absolute Gasteiger partial charge is 0.411 e. The molecule has 0 aliphatic heterocycles. The van der Waals surface area contributed by atoms with Gasteiger partial charge in [-0.15, -0.1) is 10.2 Å². The number of Topliss-reactive ketones (excluding diaryl/α,β-unsaturated/α-hetero) is 1. The monoisotopic (exact) mass is 367 g/mol. The lowest BCUT2D eigenvalue weighted by atomic mass is 10.1. The summed E-state index contributed by atoms with van der Waals surface area (Å²) >= 11 is 1.14. The molecule has 0 atom stereocenters. The number of para-hydroxylation sites is 1. The highest BCUT2D eigenvalue weighted by Crippen LogP contribution is 2.24. The third-order valence-corrected chi connectivity index (χ3v) is 4.43. The number of carbonyl (C=O) groups is 2. The van der Waals surface area contributed by atoms with Gasteiger partial charge in [-0.2, -0.15) is 0 Å². The molecular formula is C19H17N3O3S. The molecule has 0 saturated heterocycles. The molecule has 7 heteroatoms. The molecule has 3 rings (SSSR count). The molecule has 0 saturated carbocycles. The van der Waals surface area contributed by atoms with Gasteiger partial charge in [-0.3, -0.25) is 9.59 Å². The van der Waals surface area contributed by atoms with E-state index >= 15 is 0 Å². The first-order chi connectivity index (χ1) is 12.5. The van der Waals surface area contributed by atoms with Crippen molar-refractivity contribution in [3.05, 3.63) is 59.7 Å². The number of anilines is 1. The topological polar surface area (TPSA) is 85.1 Å². The van der Waals surface area contributed by atoms with Crippen LogP contribution in [0.1, 0.15) is 22.8 Å². The minimum absolute atomic E-state index is 0.0990. The normalized spacial score (nSPS) is 10.5. The van der Waals surface area contributed by atoms with Crippen molar-refractivity contribution in [1.29, 1.82) is 0 Å². The fraction of sp³-hybridized carbons (Fsp3) is 0.158. The van der Waals surface area contributed by atoms with E-state index in [9.17, 15) is 9.59 Å². The zero-order chi connectivity index (χ0) is 18.5. The Kier molecular flexibility index (Phi) is 5.48. The molecule has 1 aromatic heterocycles. The number of hydrogen-bond donors (Lipinski definition) is 1. The molecule has 1 N–H and O–H groups in total. The Bertz CT molecular complexity index is 935. The molecule has 0 spiro atoms. The number of thioether (sulfide) groups is 1. The van der Waals surface area contributed by atoms with Crippen LogP contribution in [-0.4, -0.2) is 27.6 Å². The fourth-order valence-corrected chi connectivity index (χ4v) is 2.86. The molecule has 0 radical (unpaired) electrons. The van der Waals surface area contributed by atoms with E-state index in [2.05, 4.69) is 15.5 Å². The van der Waals surface area contributed by atoms with Gasteiger partial charge >= 0.3 is 0 Å². The predicted molar refractivity (Wildman–Crippen MR) is 100 cm³/mol. The van der Waals surface area contributed by atoms with Crippen molar-refractivity contribution in [3.63, 3.8) is 0 Å². The highest BCUT2D eigenvalue weighted by molar-refractivity contribution is 7.99. The van der Waals surface area contributed by atoms with Crippen LogP contribution in [0.15, 0.2) is 58.2 Å². The zero-order valence-corrected chi connectivity index (χ0v) is 15.2. The van der Waals surface area contributed by atoms with Crippen molar-refractivity contribution >= 4 is 29.1 Å². The lowest BCUT2D eigenvalue weighted by molar-refractivity contribution is -0.113. The summed E-state index contributed by atoms with van der Waals surface area (Å²) in [5, 5.41) is 11.0. The van der Waals surface area contributed by atoms with E-state index in [1.807, 2.05) is 31.2 Å². The number of aryl methyl sites for hydroxylation is 1. The van der Waals surface area contributed by atoms with E-state index in [4.69, 9.17) is 4.42 Å². The molecular weight excluding hydrogens is 350 g/mol. The van der Waals surface area contributed by atoms with Crippen molar-refractivity contribution in [2.24, 2.45) is 0 Å². The lowest BCUT2D eigenvalue weighted by Crippen LogP contribution is -2.16. The van der Waals surface area contributed by atoms with Crippen molar-refractivity contribution < 1.29 is 14.0 Å². The van der Waals surface area contributed by atoms with E-state index in [1.165, 1.54) is 6.92 Å². The van der Waals surface area contributed by atoms with Crippen molar-refractivity contribution in [2.45, 2.75) is 19.1 Å². The summed E-state index contributed by atoms with van der Waals surface area (Å²) in [6.07, 6.45) is 0. The van der Waals surface area contributed by atoms with Crippen LogP contribution in [0.4, 0.5) is 5.69 Å².